The Morgan fingerprint density at radius 3 is 2.78 bits per heavy atom. The van der Waals surface area contributed by atoms with Crippen molar-refractivity contribution in [1.29, 1.82) is 0 Å². The summed E-state index contributed by atoms with van der Waals surface area (Å²) in [5, 5.41) is 7.82. The number of carbonyl (C=O) groups excluding carboxylic acids is 1. The Morgan fingerprint density at radius 1 is 1.89 bits per heavy atom. The van der Waals surface area contributed by atoms with Gasteiger partial charge in [-0.05, 0) is 11.8 Å². The topological polar surface area (TPSA) is 66.7 Å². The van der Waals surface area contributed by atoms with E-state index in [1.165, 1.54) is 5.55 Å². The van der Waals surface area contributed by atoms with Crippen LogP contribution in [0.4, 0.5) is 0 Å². The molecule has 1 aliphatic heterocycles. The maximum Gasteiger partial charge on any atom is 0.337 e. The average molecular weight is 145 g/mol. The van der Waals surface area contributed by atoms with E-state index < -0.39 is 17.1 Å². The first-order valence-electron chi connectivity index (χ1n) is 2.17. The molecule has 1 atom stereocenters. The average Bonchev–Trinajstić information content (AvgIpc) is 2.13. The Hall–Kier alpha value is -0.840. The molecule has 0 spiro atoms. The fourth-order valence-corrected chi connectivity index (χ4v) is 1.01. The number of aliphatic carboxylic acids is 1. The fraction of sp³-hybridized carbons (Fsp3) is 0.250. The van der Waals surface area contributed by atoms with Crippen LogP contribution in [-0.4, -0.2) is 27.8 Å². The van der Waals surface area contributed by atoms with Crippen LogP contribution < -0.4 is 0 Å². The van der Waals surface area contributed by atoms with Gasteiger partial charge in [-0.15, -0.1) is 0 Å². The minimum atomic E-state index is -1.18. The third-order valence-corrected chi connectivity index (χ3v) is 1.52. The van der Waals surface area contributed by atoms with Crippen LogP contribution >= 0.6 is 11.8 Å². The molecular formula is C4H3NO3S. The van der Waals surface area contributed by atoms with E-state index in [9.17, 15) is 9.59 Å². The molecule has 5 heteroatoms. The molecule has 1 heterocycles. The van der Waals surface area contributed by atoms with Gasteiger partial charge in [-0.1, -0.05) is 0 Å². The summed E-state index contributed by atoms with van der Waals surface area (Å²) in [6.45, 7) is 0. The maximum atomic E-state index is 10.5. The van der Waals surface area contributed by atoms with Gasteiger partial charge in [0.1, 0.15) is 0 Å². The molecule has 1 aliphatic rings. The lowest BCUT2D eigenvalue weighted by Gasteiger charge is -1.93. The number of hydrogen-bond acceptors (Lipinski definition) is 4. The van der Waals surface area contributed by atoms with Crippen LogP contribution in [0.5, 0.6) is 0 Å². The molecular weight excluding hydrogens is 142 g/mol. The lowest BCUT2D eigenvalue weighted by atomic mass is 10.3. The van der Waals surface area contributed by atoms with E-state index in [-0.39, 0.29) is 0 Å². The quantitative estimate of drug-likeness (QED) is 0.516. The summed E-state index contributed by atoms with van der Waals surface area (Å²) < 4.78 is 0. The third-order valence-electron chi connectivity index (χ3n) is 0.836. The van der Waals surface area contributed by atoms with Gasteiger partial charge in [0.15, 0.2) is 0 Å². The number of carboxylic acids is 1. The largest absolute Gasteiger partial charge is 0.479 e. The normalized spacial score (nSPS) is 24.9. The lowest BCUT2D eigenvalue weighted by molar-refractivity contribution is -0.140. The van der Waals surface area contributed by atoms with E-state index in [1.54, 1.807) is 0 Å². The van der Waals surface area contributed by atoms with E-state index in [2.05, 4.69) is 4.99 Å². The van der Waals surface area contributed by atoms with Gasteiger partial charge in [-0.25, -0.2) is 4.79 Å². The van der Waals surface area contributed by atoms with Crippen LogP contribution in [0.2, 0.25) is 0 Å². The number of aliphatic imine (C=N–C) groups is 1. The van der Waals surface area contributed by atoms with Crippen LogP contribution in [0.15, 0.2) is 4.99 Å². The highest BCUT2D eigenvalue weighted by Crippen LogP contribution is 2.13. The van der Waals surface area contributed by atoms with Crippen molar-refractivity contribution >= 4 is 28.4 Å². The molecule has 1 unspecified atom stereocenters. The zero-order valence-electron chi connectivity index (χ0n) is 4.27. The predicted octanol–water partition coefficient (Wildman–Crippen LogP) is -0.259. The van der Waals surface area contributed by atoms with Gasteiger partial charge >= 0.3 is 5.97 Å². The second kappa shape index (κ2) is 2.18. The van der Waals surface area contributed by atoms with Crippen molar-refractivity contribution in [3.63, 3.8) is 0 Å². The minimum Gasteiger partial charge on any atom is -0.479 e. The van der Waals surface area contributed by atoms with Gasteiger partial charge in [0.2, 0.25) is 11.2 Å². The van der Waals surface area contributed by atoms with Crippen LogP contribution in [0, 0.1) is 0 Å². The van der Waals surface area contributed by atoms with Crippen LogP contribution in [-0.2, 0) is 9.59 Å². The maximum absolute atomic E-state index is 10.5. The van der Waals surface area contributed by atoms with Gasteiger partial charge < -0.3 is 5.11 Å². The van der Waals surface area contributed by atoms with Crippen molar-refractivity contribution in [2.75, 3.05) is 0 Å². The third kappa shape index (κ3) is 1.10. The zero-order valence-corrected chi connectivity index (χ0v) is 5.09. The molecule has 1 rings (SSSR count). The lowest BCUT2D eigenvalue weighted by Crippen LogP contribution is -2.21. The van der Waals surface area contributed by atoms with Gasteiger partial charge in [-0.2, -0.15) is 0 Å². The van der Waals surface area contributed by atoms with Crippen LogP contribution in [0.1, 0.15) is 0 Å². The summed E-state index contributed by atoms with van der Waals surface area (Å²) in [6.07, 6.45) is 0. The van der Waals surface area contributed by atoms with Gasteiger partial charge in [0, 0.05) is 0 Å². The molecule has 0 aromatic heterocycles. The zero-order chi connectivity index (χ0) is 6.85. The Labute approximate surface area is 55.0 Å². The minimum absolute atomic E-state index is 0.414. The first-order chi connectivity index (χ1) is 4.22. The molecule has 0 fully saturated rings. The molecule has 0 amide bonds. The molecule has 0 aromatic carbocycles. The Bertz CT molecular complexity index is 188. The molecule has 0 saturated heterocycles. The highest BCUT2D eigenvalue weighted by atomic mass is 32.2. The summed E-state index contributed by atoms with van der Waals surface area (Å²) in [5.74, 6) is -1.18. The molecule has 0 aromatic rings. The van der Waals surface area contributed by atoms with E-state index in [4.69, 9.17) is 5.11 Å². The SMILES string of the molecule is O=C(O)C1N=CSC1=O. The van der Waals surface area contributed by atoms with Crippen molar-refractivity contribution in [3.8, 4) is 0 Å². The smallest absolute Gasteiger partial charge is 0.337 e. The molecule has 0 aliphatic carbocycles. The van der Waals surface area contributed by atoms with Crippen molar-refractivity contribution in [2.24, 2.45) is 4.99 Å². The van der Waals surface area contributed by atoms with E-state index in [0.717, 1.165) is 11.8 Å². The summed E-state index contributed by atoms with van der Waals surface area (Å²) in [7, 11) is 0. The molecule has 9 heavy (non-hydrogen) atoms. The Balaban J connectivity index is 2.71. The standard InChI is InChI=1S/C4H3NO3S/c6-3(7)2-4(8)9-1-5-2/h1-2H,(H,6,7). The number of carboxylic acid groups (broad SMARTS) is 1. The molecule has 4 nitrogen and oxygen atoms in total. The molecule has 0 radical (unpaired) electrons. The van der Waals surface area contributed by atoms with Gasteiger partial charge in [-0.3, -0.25) is 9.79 Å². The first-order valence-corrected chi connectivity index (χ1v) is 3.05. The summed E-state index contributed by atoms with van der Waals surface area (Å²) >= 11 is 0.822. The van der Waals surface area contributed by atoms with Gasteiger partial charge in [0.05, 0.1) is 5.55 Å². The molecule has 1 N–H and O–H groups in total. The van der Waals surface area contributed by atoms with E-state index >= 15 is 0 Å². The van der Waals surface area contributed by atoms with Crippen molar-refractivity contribution in [2.45, 2.75) is 6.04 Å². The van der Waals surface area contributed by atoms with E-state index in [0.29, 0.717) is 0 Å². The van der Waals surface area contributed by atoms with Crippen LogP contribution in [0.3, 0.4) is 0 Å². The number of hydrogen-bond donors (Lipinski definition) is 1. The van der Waals surface area contributed by atoms with Gasteiger partial charge in [0.25, 0.3) is 0 Å². The molecule has 0 saturated carbocycles. The number of carbonyl (C=O) groups is 2. The summed E-state index contributed by atoms with van der Waals surface area (Å²) in [4.78, 5) is 23.9. The van der Waals surface area contributed by atoms with Crippen molar-refractivity contribution < 1.29 is 14.7 Å². The number of nitrogens with zero attached hydrogens (tertiary/aromatic N) is 1. The highest BCUT2D eigenvalue weighted by molar-refractivity contribution is 8.25. The fourth-order valence-electron chi connectivity index (χ4n) is 0.433. The molecule has 0 bridgehead atoms. The summed E-state index contributed by atoms with van der Waals surface area (Å²) in [6, 6.07) is -1.16. The van der Waals surface area contributed by atoms with Crippen LogP contribution in [0.25, 0.3) is 0 Å². The summed E-state index contributed by atoms with van der Waals surface area (Å²) in [5.41, 5.74) is 1.25. The number of thioether (sulfide) groups is 1. The van der Waals surface area contributed by atoms with Crippen molar-refractivity contribution in [1.82, 2.24) is 0 Å². The second-order valence-electron chi connectivity index (χ2n) is 1.43. The Morgan fingerprint density at radius 2 is 2.56 bits per heavy atom. The molecule has 48 valence electrons. The highest BCUT2D eigenvalue weighted by Gasteiger charge is 2.28. The number of rotatable bonds is 1. The monoisotopic (exact) mass is 145 g/mol. The Kier molecular flexibility index (Phi) is 1.52. The second-order valence-corrected chi connectivity index (χ2v) is 2.28. The van der Waals surface area contributed by atoms with Crippen molar-refractivity contribution in [3.05, 3.63) is 0 Å². The predicted molar refractivity (Wildman–Crippen MR) is 32.5 cm³/mol. The first kappa shape index (κ1) is 6.28. The van der Waals surface area contributed by atoms with E-state index in [1.807, 2.05) is 0 Å².